The zero-order chi connectivity index (χ0) is 16.7. The molecule has 1 saturated heterocycles. The Morgan fingerprint density at radius 2 is 2.09 bits per heavy atom. The molecule has 2 N–H and O–H groups in total. The average molecular weight is 336 g/mol. The summed E-state index contributed by atoms with van der Waals surface area (Å²) in [6, 6.07) is 8.79. The summed E-state index contributed by atoms with van der Waals surface area (Å²) in [7, 11) is 0. The minimum absolute atomic E-state index is 0.0298. The molecule has 0 saturated carbocycles. The van der Waals surface area contributed by atoms with Crippen LogP contribution in [0.1, 0.15) is 30.1 Å². The molecule has 1 aliphatic heterocycles. The molecule has 23 heavy (non-hydrogen) atoms. The maximum Gasteiger partial charge on any atom is 0.253 e. The molecule has 2 rings (SSSR count). The Morgan fingerprint density at radius 1 is 1.35 bits per heavy atom. The molecule has 1 aliphatic rings. The Hall–Kier alpha value is -1.53. The Bertz CT molecular complexity index is 524. The Morgan fingerprint density at radius 3 is 2.74 bits per heavy atom. The number of thioether (sulfide) groups is 1. The van der Waals surface area contributed by atoms with Gasteiger partial charge in [0.1, 0.15) is 0 Å². The monoisotopic (exact) mass is 336 g/mol. The maximum absolute atomic E-state index is 12.4. The van der Waals surface area contributed by atoms with Crippen molar-refractivity contribution < 1.29 is 14.7 Å². The minimum atomic E-state index is -0.723. The number of aliphatic hydroxyl groups is 1. The lowest BCUT2D eigenvalue weighted by Gasteiger charge is -2.36. The van der Waals surface area contributed by atoms with Gasteiger partial charge in [0, 0.05) is 30.8 Å². The predicted octanol–water partition coefficient (Wildman–Crippen LogP) is 1.52. The molecule has 5 nitrogen and oxygen atoms in total. The Balaban J connectivity index is 1.83. The molecule has 126 valence electrons. The van der Waals surface area contributed by atoms with Gasteiger partial charge in [-0.2, -0.15) is 11.8 Å². The molecule has 0 bridgehead atoms. The van der Waals surface area contributed by atoms with Crippen LogP contribution in [0.25, 0.3) is 0 Å². The van der Waals surface area contributed by atoms with Crippen molar-refractivity contribution in [2.24, 2.45) is 0 Å². The lowest BCUT2D eigenvalue weighted by Crippen LogP contribution is -2.55. The van der Waals surface area contributed by atoms with Gasteiger partial charge in [0.2, 0.25) is 5.91 Å². The third-order valence-electron chi connectivity index (χ3n) is 3.91. The van der Waals surface area contributed by atoms with Crippen LogP contribution in [0.2, 0.25) is 0 Å². The van der Waals surface area contributed by atoms with Gasteiger partial charge in [-0.25, -0.2) is 0 Å². The van der Waals surface area contributed by atoms with Gasteiger partial charge >= 0.3 is 0 Å². The molecule has 0 radical (unpaired) electrons. The first-order valence-corrected chi connectivity index (χ1v) is 9.16. The van der Waals surface area contributed by atoms with E-state index >= 15 is 0 Å². The molecule has 0 unspecified atom stereocenters. The molecule has 1 aromatic rings. The van der Waals surface area contributed by atoms with E-state index in [0.29, 0.717) is 24.9 Å². The summed E-state index contributed by atoms with van der Waals surface area (Å²) in [6.07, 6.45) is 0.319. The first-order chi connectivity index (χ1) is 11.1. The van der Waals surface area contributed by atoms with Crippen molar-refractivity contribution in [1.82, 2.24) is 10.2 Å². The van der Waals surface area contributed by atoms with E-state index in [-0.39, 0.29) is 24.4 Å². The highest BCUT2D eigenvalue weighted by atomic mass is 32.2. The number of β-amino-alcohol motifs (C(OH)–C–C–N with tert-alkyl or cyclic N) is 1. The lowest BCUT2D eigenvalue weighted by molar-refractivity contribution is -0.122. The number of benzene rings is 1. The summed E-state index contributed by atoms with van der Waals surface area (Å²) in [5.74, 6) is 1.69. The standard InChI is InChI=1S/C17H24N2O3S/c1-2-23-11-9-16(21)18-14-8-10-19(12-15(14)20)17(22)13-6-4-3-5-7-13/h3-7,14-15,20H,2,8-12H2,1H3,(H,18,21)/t14-,15-/m1/s1. The van der Waals surface area contributed by atoms with Crippen molar-refractivity contribution in [2.75, 3.05) is 24.6 Å². The lowest BCUT2D eigenvalue weighted by atomic mass is 10.0. The number of amides is 2. The third kappa shape index (κ3) is 5.25. The molecule has 0 aliphatic carbocycles. The van der Waals surface area contributed by atoms with E-state index in [2.05, 4.69) is 12.2 Å². The van der Waals surface area contributed by atoms with Crippen LogP contribution in [0.3, 0.4) is 0 Å². The summed E-state index contributed by atoms with van der Waals surface area (Å²) in [5, 5.41) is 13.1. The Kier molecular flexibility index (Phi) is 6.92. The van der Waals surface area contributed by atoms with Gasteiger partial charge in [-0.1, -0.05) is 25.1 Å². The molecule has 2 amide bonds. The van der Waals surface area contributed by atoms with Crippen LogP contribution in [0.5, 0.6) is 0 Å². The van der Waals surface area contributed by atoms with E-state index in [0.717, 1.165) is 11.5 Å². The average Bonchev–Trinajstić information content (AvgIpc) is 2.57. The summed E-state index contributed by atoms with van der Waals surface area (Å²) in [4.78, 5) is 25.9. The molecule has 2 atom stereocenters. The normalized spacial score (nSPS) is 21.0. The summed E-state index contributed by atoms with van der Waals surface area (Å²) >= 11 is 1.72. The van der Waals surface area contributed by atoms with E-state index in [9.17, 15) is 14.7 Å². The highest BCUT2D eigenvalue weighted by Gasteiger charge is 2.31. The number of piperidine rings is 1. The zero-order valence-electron chi connectivity index (χ0n) is 13.4. The van der Waals surface area contributed by atoms with Crippen molar-refractivity contribution in [1.29, 1.82) is 0 Å². The Labute approximate surface area is 141 Å². The topological polar surface area (TPSA) is 69.6 Å². The highest BCUT2D eigenvalue weighted by Crippen LogP contribution is 2.15. The molecular weight excluding hydrogens is 312 g/mol. The summed E-state index contributed by atoms with van der Waals surface area (Å²) < 4.78 is 0. The maximum atomic E-state index is 12.4. The summed E-state index contributed by atoms with van der Waals surface area (Å²) in [5.41, 5.74) is 0.624. The second-order valence-electron chi connectivity index (χ2n) is 5.59. The second-order valence-corrected chi connectivity index (χ2v) is 6.99. The number of rotatable bonds is 6. The fourth-order valence-corrected chi connectivity index (χ4v) is 3.25. The molecular formula is C17H24N2O3S. The quantitative estimate of drug-likeness (QED) is 0.773. The van der Waals surface area contributed by atoms with E-state index in [4.69, 9.17) is 0 Å². The van der Waals surface area contributed by atoms with Crippen LogP contribution in [-0.2, 0) is 4.79 Å². The first kappa shape index (κ1) is 17.8. The first-order valence-electron chi connectivity index (χ1n) is 8.01. The number of nitrogens with zero attached hydrogens (tertiary/aromatic N) is 1. The number of carbonyl (C=O) groups is 2. The van der Waals surface area contributed by atoms with Crippen molar-refractivity contribution in [2.45, 2.75) is 31.9 Å². The van der Waals surface area contributed by atoms with Crippen LogP contribution in [0.15, 0.2) is 30.3 Å². The zero-order valence-corrected chi connectivity index (χ0v) is 14.2. The van der Waals surface area contributed by atoms with Gasteiger partial charge < -0.3 is 15.3 Å². The predicted molar refractivity (Wildman–Crippen MR) is 92.5 cm³/mol. The van der Waals surface area contributed by atoms with Crippen LogP contribution < -0.4 is 5.32 Å². The molecule has 0 aromatic heterocycles. The van der Waals surface area contributed by atoms with Gasteiger partial charge in [-0.05, 0) is 24.3 Å². The number of hydrogen-bond donors (Lipinski definition) is 2. The van der Waals surface area contributed by atoms with E-state index in [1.807, 2.05) is 18.2 Å². The molecule has 0 spiro atoms. The number of carbonyl (C=O) groups excluding carboxylic acids is 2. The van der Waals surface area contributed by atoms with Gasteiger partial charge in [0.05, 0.1) is 12.1 Å². The SMILES string of the molecule is CCSCCC(=O)N[C@@H]1CCN(C(=O)c2ccccc2)C[C@H]1O. The third-order valence-corrected chi connectivity index (χ3v) is 4.81. The molecule has 1 heterocycles. The number of aliphatic hydroxyl groups excluding tert-OH is 1. The van der Waals surface area contributed by atoms with E-state index in [1.54, 1.807) is 28.8 Å². The minimum Gasteiger partial charge on any atom is -0.389 e. The molecule has 6 heteroatoms. The molecule has 1 fully saturated rings. The number of hydrogen-bond acceptors (Lipinski definition) is 4. The largest absolute Gasteiger partial charge is 0.389 e. The van der Waals surface area contributed by atoms with Crippen LogP contribution in [0, 0.1) is 0 Å². The van der Waals surface area contributed by atoms with Crippen LogP contribution in [0.4, 0.5) is 0 Å². The van der Waals surface area contributed by atoms with Gasteiger partial charge in [-0.3, -0.25) is 9.59 Å². The number of likely N-dealkylation sites (tertiary alicyclic amines) is 1. The van der Waals surface area contributed by atoms with E-state index < -0.39 is 6.10 Å². The van der Waals surface area contributed by atoms with Gasteiger partial charge in [0.25, 0.3) is 5.91 Å². The highest BCUT2D eigenvalue weighted by molar-refractivity contribution is 7.99. The van der Waals surface area contributed by atoms with Crippen LogP contribution in [-0.4, -0.2) is 58.6 Å². The van der Waals surface area contributed by atoms with E-state index in [1.165, 1.54) is 0 Å². The fourth-order valence-electron chi connectivity index (χ4n) is 2.64. The molecule has 1 aromatic carbocycles. The van der Waals surface area contributed by atoms with Crippen molar-refractivity contribution in [3.05, 3.63) is 35.9 Å². The van der Waals surface area contributed by atoms with Crippen LogP contribution >= 0.6 is 11.8 Å². The fraction of sp³-hybridized carbons (Fsp3) is 0.529. The number of nitrogens with one attached hydrogen (secondary N) is 1. The summed E-state index contributed by atoms with van der Waals surface area (Å²) in [6.45, 7) is 2.85. The van der Waals surface area contributed by atoms with Gasteiger partial charge in [0.15, 0.2) is 0 Å². The van der Waals surface area contributed by atoms with Crippen molar-refractivity contribution >= 4 is 23.6 Å². The smallest absolute Gasteiger partial charge is 0.253 e. The van der Waals surface area contributed by atoms with Crippen molar-refractivity contribution in [3.63, 3.8) is 0 Å². The second kappa shape index (κ2) is 8.93. The van der Waals surface area contributed by atoms with Gasteiger partial charge in [-0.15, -0.1) is 0 Å². The van der Waals surface area contributed by atoms with Crippen molar-refractivity contribution in [3.8, 4) is 0 Å².